The number of benzene rings is 1. The van der Waals surface area contributed by atoms with Crippen molar-refractivity contribution < 1.29 is 14.0 Å². The Bertz CT molecular complexity index is 913. The molecular weight excluding hydrogens is 318 g/mol. The largest absolute Gasteiger partial charge is 0.459 e. The highest BCUT2D eigenvalue weighted by Crippen LogP contribution is 2.16. The number of hydrogen-bond donors (Lipinski definition) is 0. The topological polar surface area (TPSA) is 66.7 Å². The van der Waals surface area contributed by atoms with Crippen LogP contribution in [0.5, 0.6) is 0 Å². The van der Waals surface area contributed by atoms with Gasteiger partial charge in [-0.3, -0.25) is 14.6 Å². The standard InChI is InChI=1S/C19H17N3O3/c23-18(16-12-14-4-1-2-5-15(14)13-20-16)21-7-9-22(10-8-21)19(24)17-6-3-11-25-17/h1-6,11-13H,7-10H2. The zero-order valence-corrected chi connectivity index (χ0v) is 13.6. The van der Waals surface area contributed by atoms with Crippen LogP contribution in [-0.2, 0) is 0 Å². The second-order valence-electron chi connectivity index (χ2n) is 5.98. The first-order valence-electron chi connectivity index (χ1n) is 8.19. The number of aromatic nitrogens is 1. The molecule has 2 amide bonds. The zero-order chi connectivity index (χ0) is 17.2. The molecule has 1 aliphatic heterocycles. The average Bonchev–Trinajstić information content (AvgIpc) is 3.21. The Morgan fingerprint density at radius 3 is 2.24 bits per heavy atom. The van der Waals surface area contributed by atoms with Gasteiger partial charge in [-0.05, 0) is 23.6 Å². The third-order valence-electron chi connectivity index (χ3n) is 4.44. The summed E-state index contributed by atoms with van der Waals surface area (Å²) in [6.07, 6.45) is 3.21. The molecule has 4 rings (SSSR count). The minimum Gasteiger partial charge on any atom is -0.459 e. The lowest BCUT2D eigenvalue weighted by Gasteiger charge is -2.34. The van der Waals surface area contributed by atoms with Crippen molar-refractivity contribution in [2.45, 2.75) is 0 Å². The van der Waals surface area contributed by atoms with E-state index in [0.717, 1.165) is 10.8 Å². The van der Waals surface area contributed by atoms with E-state index in [9.17, 15) is 9.59 Å². The summed E-state index contributed by atoms with van der Waals surface area (Å²) in [6.45, 7) is 1.94. The fraction of sp³-hybridized carbons (Fsp3) is 0.211. The zero-order valence-electron chi connectivity index (χ0n) is 13.6. The van der Waals surface area contributed by atoms with E-state index < -0.39 is 0 Å². The van der Waals surface area contributed by atoms with E-state index in [1.807, 2.05) is 30.3 Å². The van der Waals surface area contributed by atoms with Gasteiger partial charge in [-0.15, -0.1) is 0 Å². The molecule has 1 fully saturated rings. The Kier molecular flexibility index (Phi) is 3.93. The molecule has 0 N–H and O–H groups in total. The van der Waals surface area contributed by atoms with Crippen LogP contribution in [0, 0.1) is 0 Å². The molecule has 1 saturated heterocycles. The molecule has 0 bridgehead atoms. The molecule has 0 spiro atoms. The van der Waals surface area contributed by atoms with Gasteiger partial charge in [0.05, 0.1) is 6.26 Å². The first-order chi connectivity index (χ1) is 12.2. The Morgan fingerprint density at radius 1 is 0.880 bits per heavy atom. The van der Waals surface area contributed by atoms with Crippen molar-refractivity contribution in [3.8, 4) is 0 Å². The molecule has 0 aliphatic carbocycles. The van der Waals surface area contributed by atoms with E-state index in [1.165, 1.54) is 6.26 Å². The van der Waals surface area contributed by atoms with E-state index in [2.05, 4.69) is 4.98 Å². The lowest BCUT2D eigenvalue weighted by Crippen LogP contribution is -2.50. The quantitative estimate of drug-likeness (QED) is 0.721. The fourth-order valence-corrected chi connectivity index (χ4v) is 3.03. The van der Waals surface area contributed by atoms with Crippen LogP contribution in [0.4, 0.5) is 0 Å². The lowest BCUT2D eigenvalue weighted by atomic mass is 10.1. The van der Waals surface area contributed by atoms with Crippen LogP contribution < -0.4 is 0 Å². The molecule has 1 aliphatic rings. The minimum absolute atomic E-state index is 0.101. The Hall–Kier alpha value is -3.15. The van der Waals surface area contributed by atoms with Gasteiger partial charge in [-0.2, -0.15) is 0 Å². The minimum atomic E-state index is -0.138. The maximum Gasteiger partial charge on any atom is 0.289 e. The number of rotatable bonds is 2. The maximum atomic E-state index is 12.7. The molecule has 2 aromatic heterocycles. The van der Waals surface area contributed by atoms with Crippen LogP contribution in [0.25, 0.3) is 10.8 Å². The first-order valence-corrected chi connectivity index (χ1v) is 8.19. The molecule has 0 radical (unpaired) electrons. The molecular formula is C19H17N3O3. The summed E-state index contributed by atoms with van der Waals surface area (Å²) in [4.78, 5) is 32.7. The van der Waals surface area contributed by atoms with E-state index in [0.29, 0.717) is 37.6 Å². The van der Waals surface area contributed by atoms with Crippen LogP contribution in [0.15, 0.2) is 59.3 Å². The predicted octanol–water partition coefficient (Wildman–Crippen LogP) is 2.43. The highest BCUT2D eigenvalue weighted by molar-refractivity contribution is 5.96. The highest BCUT2D eigenvalue weighted by atomic mass is 16.3. The summed E-state index contributed by atoms with van der Waals surface area (Å²) in [5.41, 5.74) is 0.435. The van der Waals surface area contributed by atoms with Crippen molar-refractivity contribution in [2.75, 3.05) is 26.2 Å². The van der Waals surface area contributed by atoms with Crippen molar-refractivity contribution in [2.24, 2.45) is 0 Å². The predicted molar refractivity (Wildman–Crippen MR) is 92.3 cm³/mol. The van der Waals surface area contributed by atoms with Gasteiger partial charge in [0.2, 0.25) is 0 Å². The summed E-state index contributed by atoms with van der Waals surface area (Å²) in [6, 6.07) is 13.0. The summed E-state index contributed by atoms with van der Waals surface area (Å²) >= 11 is 0. The van der Waals surface area contributed by atoms with Crippen LogP contribution in [0.1, 0.15) is 21.0 Å². The Labute approximate surface area is 144 Å². The van der Waals surface area contributed by atoms with Gasteiger partial charge in [0.15, 0.2) is 5.76 Å². The smallest absolute Gasteiger partial charge is 0.289 e. The van der Waals surface area contributed by atoms with Gasteiger partial charge in [0.25, 0.3) is 11.8 Å². The number of piperazine rings is 1. The Balaban J connectivity index is 1.44. The Morgan fingerprint density at radius 2 is 1.56 bits per heavy atom. The maximum absolute atomic E-state index is 12.7. The van der Waals surface area contributed by atoms with Gasteiger partial charge in [0, 0.05) is 37.8 Å². The van der Waals surface area contributed by atoms with Crippen LogP contribution in [-0.4, -0.2) is 52.8 Å². The number of hydrogen-bond acceptors (Lipinski definition) is 4. The molecule has 6 heteroatoms. The summed E-state index contributed by atoms with van der Waals surface area (Å²) < 4.78 is 5.15. The molecule has 0 atom stereocenters. The third-order valence-corrected chi connectivity index (χ3v) is 4.44. The van der Waals surface area contributed by atoms with Gasteiger partial charge in [-0.25, -0.2) is 0 Å². The summed E-state index contributed by atoms with van der Waals surface area (Å²) in [5, 5.41) is 2.00. The number of furan rings is 1. The lowest BCUT2D eigenvalue weighted by molar-refractivity contribution is 0.0515. The van der Waals surface area contributed by atoms with E-state index >= 15 is 0 Å². The second-order valence-corrected chi connectivity index (χ2v) is 5.98. The van der Waals surface area contributed by atoms with Gasteiger partial charge >= 0.3 is 0 Å². The van der Waals surface area contributed by atoms with Crippen LogP contribution >= 0.6 is 0 Å². The number of fused-ring (bicyclic) bond motifs is 1. The third kappa shape index (κ3) is 2.98. The summed E-state index contributed by atoms with van der Waals surface area (Å²) in [5.74, 6) is 0.0905. The van der Waals surface area contributed by atoms with Crippen molar-refractivity contribution in [1.29, 1.82) is 0 Å². The van der Waals surface area contributed by atoms with Crippen molar-refractivity contribution in [3.63, 3.8) is 0 Å². The number of amides is 2. The van der Waals surface area contributed by atoms with E-state index in [-0.39, 0.29) is 11.8 Å². The van der Waals surface area contributed by atoms with Crippen molar-refractivity contribution in [1.82, 2.24) is 14.8 Å². The first kappa shape index (κ1) is 15.4. The molecule has 3 heterocycles. The number of carbonyl (C=O) groups excluding carboxylic acids is 2. The van der Waals surface area contributed by atoms with E-state index in [4.69, 9.17) is 4.42 Å². The number of pyridine rings is 1. The van der Waals surface area contributed by atoms with Crippen molar-refractivity contribution in [3.05, 3.63) is 66.4 Å². The SMILES string of the molecule is O=C(c1cc2ccccc2cn1)N1CCN(C(=O)c2ccco2)CC1. The second kappa shape index (κ2) is 6.39. The molecule has 0 unspecified atom stereocenters. The number of carbonyl (C=O) groups is 2. The van der Waals surface area contributed by atoms with Gasteiger partial charge in [0.1, 0.15) is 5.69 Å². The van der Waals surface area contributed by atoms with Gasteiger partial charge in [-0.1, -0.05) is 24.3 Å². The normalized spacial score (nSPS) is 14.7. The monoisotopic (exact) mass is 335 g/mol. The molecule has 1 aromatic carbocycles. The summed E-state index contributed by atoms with van der Waals surface area (Å²) in [7, 11) is 0. The van der Waals surface area contributed by atoms with Crippen LogP contribution in [0.2, 0.25) is 0 Å². The molecule has 126 valence electrons. The average molecular weight is 335 g/mol. The van der Waals surface area contributed by atoms with Crippen LogP contribution in [0.3, 0.4) is 0 Å². The number of nitrogens with zero attached hydrogens (tertiary/aromatic N) is 3. The molecule has 25 heavy (non-hydrogen) atoms. The van der Waals surface area contributed by atoms with Crippen molar-refractivity contribution >= 4 is 22.6 Å². The van der Waals surface area contributed by atoms with Gasteiger partial charge < -0.3 is 14.2 Å². The fourth-order valence-electron chi connectivity index (χ4n) is 3.03. The highest BCUT2D eigenvalue weighted by Gasteiger charge is 2.27. The molecule has 6 nitrogen and oxygen atoms in total. The molecule has 0 saturated carbocycles. The van der Waals surface area contributed by atoms with E-state index in [1.54, 1.807) is 28.1 Å². The molecule has 3 aromatic rings.